The largest absolute Gasteiger partial charge is 0.247 e. The molecule has 0 amide bonds. The predicted molar refractivity (Wildman–Crippen MR) is 256 cm³/mol. The minimum atomic E-state index is 0.641. The molecule has 12 rings (SSSR count). The molecule has 0 atom stereocenters. The summed E-state index contributed by atoms with van der Waals surface area (Å²) >= 11 is 0. The topological polar surface area (TPSA) is 64.5 Å². The Kier molecular flexibility index (Phi) is 8.42. The van der Waals surface area contributed by atoms with E-state index in [9.17, 15) is 0 Å². The van der Waals surface area contributed by atoms with Gasteiger partial charge in [0.25, 0.3) is 0 Å². The highest BCUT2D eigenvalue weighted by Gasteiger charge is 2.17. The molecule has 0 N–H and O–H groups in total. The van der Waals surface area contributed by atoms with Gasteiger partial charge in [-0.25, -0.2) is 24.9 Å². The molecule has 5 heteroatoms. The monoisotopic (exact) mass is 789 g/mol. The van der Waals surface area contributed by atoms with Crippen LogP contribution in [0.5, 0.6) is 0 Å². The number of nitrogens with zero attached hydrogens (tertiary/aromatic N) is 5. The molecule has 0 saturated carbocycles. The molecular formula is C57H35N5. The second-order valence-electron chi connectivity index (χ2n) is 15.7. The molecule has 62 heavy (non-hydrogen) atoms. The number of para-hydroxylation sites is 1. The standard InChI is InChI=1S/C57H35N5/c1-3-12-40(13-4-1)55-60-56(41-14-5-2-6-15-41)62-57(61-55)47-28-26-44-33-43(24-25-45(44)35-47)37-19-22-38(23-20-37)54-52-49(48-17-9-10-18-51(48)59-54)31-29-39-30-32-50(58-53(39)52)46-27-21-36-11-7-8-16-42(36)34-46/h1-35H. The molecular weight excluding hydrogens is 755 g/mol. The Labute approximate surface area is 357 Å². The van der Waals surface area contributed by atoms with Crippen LogP contribution in [0.1, 0.15) is 0 Å². The van der Waals surface area contributed by atoms with Crippen LogP contribution in [0.3, 0.4) is 0 Å². The summed E-state index contributed by atoms with van der Waals surface area (Å²) in [5.74, 6) is 1.94. The van der Waals surface area contributed by atoms with Gasteiger partial charge in [-0.3, -0.25) is 0 Å². The van der Waals surface area contributed by atoms with Gasteiger partial charge >= 0.3 is 0 Å². The second kappa shape index (κ2) is 14.7. The molecule has 3 aromatic heterocycles. The van der Waals surface area contributed by atoms with Crippen LogP contribution in [0.2, 0.25) is 0 Å². The highest BCUT2D eigenvalue weighted by molar-refractivity contribution is 6.20. The number of hydrogen-bond acceptors (Lipinski definition) is 5. The lowest BCUT2D eigenvalue weighted by molar-refractivity contribution is 1.07. The van der Waals surface area contributed by atoms with Gasteiger partial charge in [-0.2, -0.15) is 0 Å². The first-order chi connectivity index (χ1) is 30.7. The maximum atomic E-state index is 5.38. The van der Waals surface area contributed by atoms with E-state index in [-0.39, 0.29) is 0 Å². The fourth-order valence-corrected chi connectivity index (χ4v) is 8.67. The SMILES string of the molecule is c1ccc(-c2nc(-c3ccccc3)nc(-c3ccc4cc(-c5ccc(-c6nc7ccccc7c7ccc8ccc(-c9ccc%10ccccc%10c9)nc8c67)cc5)ccc4c3)n2)cc1. The zero-order valence-electron chi connectivity index (χ0n) is 33.4. The molecule has 0 aliphatic carbocycles. The van der Waals surface area contributed by atoms with E-state index in [0.29, 0.717) is 17.5 Å². The Bertz CT molecular complexity index is 3620. The zero-order valence-corrected chi connectivity index (χ0v) is 33.4. The molecule has 3 heterocycles. The molecule has 0 spiro atoms. The van der Waals surface area contributed by atoms with Gasteiger partial charge in [-0.05, 0) is 68.4 Å². The average Bonchev–Trinajstić information content (AvgIpc) is 3.35. The number of benzene rings is 9. The summed E-state index contributed by atoms with van der Waals surface area (Å²) in [5.41, 5.74) is 11.0. The first-order valence-electron chi connectivity index (χ1n) is 20.8. The molecule has 9 aromatic carbocycles. The lowest BCUT2D eigenvalue weighted by atomic mass is 9.95. The maximum absolute atomic E-state index is 5.38. The van der Waals surface area contributed by atoms with Gasteiger partial charge in [0.15, 0.2) is 17.5 Å². The van der Waals surface area contributed by atoms with Crippen LogP contribution in [-0.2, 0) is 0 Å². The number of rotatable bonds is 6. The van der Waals surface area contributed by atoms with E-state index in [1.165, 1.54) is 10.8 Å². The molecule has 0 bridgehead atoms. The number of aromatic nitrogens is 5. The van der Waals surface area contributed by atoms with Gasteiger partial charge in [0, 0.05) is 44.0 Å². The van der Waals surface area contributed by atoms with Gasteiger partial charge in [0.2, 0.25) is 0 Å². The van der Waals surface area contributed by atoms with Crippen molar-refractivity contribution >= 4 is 54.1 Å². The summed E-state index contributed by atoms with van der Waals surface area (Å²) in [7, 11) is 0. The summed E-state index contributed by atoms with van der Waals surface area (Å²) in [6, 6.07) is 74.2. The second-order valence-corrected chi connectivity index (χ2v) is 15.7. The van der Waals surface area contributed by atoms with E-state index in [2.05, 4.69) is 152 Å². The van der Waals surface area contributed by atoms with E-state index in [4.69, 9.17) is 24.9 Å². The van der Waals surface area contributed by atoms with Crippen molar-refractivity contribution in [2.45, 2.75) is 0 Å². The van der Waals surface area contributed by atoms with Crippen molar-refractivity contribution in [3.05, 3.63) is 212 Å². The highest BCUT2D eigenvalue weighted by Crippen LogP contribution is 2.39. The molecule has 0 fully saturated rings. The lowest BCUT2D eigenvalue weighted by Crippen LogP contribution is -2.00. The van der Waals surface area contributed by atoms with Crippen molar-refractivity contribution in [3.8, 4) is 67.8 Å². The van der Waals surface area contributed by atoms with E-state index >= 15 is 0 Å². The number of hydrogen-bond donors (Lipinski definition) is 0. The molecule has 0 aliphatic rings. The van der Waals surface area contributed by atoms with Gasteiger partial charge in [0.05, 0.1) is 22.4 Å². The van der Waals surface area contributed by atoms with Crippen LogP contribution in [0.15, 0.2) is 212 Å². The molecule has 288 valence electrons. The lowest BCUT2D eigenvalue weighted by Gasteiger charge is -2.14. The Morgan fingerprint density at radius 1 is 0.258 bits per heavy atom. The van der Waals surface area contributed by atoms with Crippen LogP contribution in [0.25, 0.3) is 122 Å². The molecule has 0 aliphatic heterocycles. The summed E-state index contributed by atoms with van der Waals surface area (Å²) in [5, 5.41) is 9.06. The fraction of sp³-hybridized carbons (Fsp3) is 0. The third-order valence-electron chi connectivity index (χ3n) is 11.9. The van der Waals surface area contributed by atoms with Crippen LogP contribution in [0.4, 0.5) is 0 Å². The zero-order chi connectivity index (χ0) is 41.0. The summed E-state index contributed by atoms with van der Waals surface area (Å²) in [4.78, 5) is 25.5. The molecule has 0 unspecified atom stereocenters. The summed E-state index contributed by atoms with van der Waals surface area (Å²) in [6.07, 6.45) is 0. The van der Waals surface area contributed by atoms with Crippen molar-refractivity contribution in [3.63, 3.8) is 0 Å². The summed E-state index contributed by atoms with van der Waals surface area (Å²) in [6.45, 7) is 0. The van der Waals surface area contributed by atoms with E-state index in [1.54, 1.807) is 0 Å². The quantitative estimate of drug-likeness (QED) is 0.157. The van der Waals surface area contributed by atoms with Crippen molar-refractivity contribution in [2.24, 2.45) is 0 Å². The van der Waals surface area contributed by atoms with Crippen LogP contribution < -0.4 is 0 Å². The smallest absolute Gasteiger partial charge is 0.164 e. The van der Waals surface area contributed by atoms with Gasteiger partial charge in [-0.15, -0.1) is 0 Å². The Morgan fingerprint density at radius 2 is 0.758 bits per heavy atom. The van der Waals surface area contributed by atoms with Crippen molar-refractivity contribution in [1.29, 1.82) is 0 Å². The van der Waals surface area contributed by atoms with E-state index in [0.717, 1.165) is 93.7 Å². The van der Waals surface area contributed by atoms with Crippen molar-refractivity contribution in [1.82, 2.24) is 24.9 Å². The van der Waals surface area contributed by atoms with Crippen molar-refractivity contribution < 1.29 is 0 Å². The minimum Gasteiger partial charge on any atom is -0.247 e. The molecule has 5 nitrogen and oxygen atoms in total. The van der Waals surface area contributed by atoms with Crippen LogP contribution in [-0.4, -0.2) is 24.9 Å². The maximum Gasteiger partial charge on any atom is 0.164 e. The average molecular weight is 790 g/mol. The first kappa shape index (κ1) is 35.5. The predicted octanol–water partition coefficient (Wildman–Crippen LogP) is 14.4. The number of fused-ring (bicyclic) bond motifs is 7. The highest BCUT2D eigenvalue weighted by atomic mass is 15.0. The Hall–Kier alpha value is -8.41. The molecule has 12 aromatic rings. The Morgan fingerprint density at radius 3 is 1.50 bits per heavy atom. The minimum absolute atomic E-state index is 0.641. The normalized spacial score (nSPS) is 11.5. The molecule has 0 radical (unpaired) electrons. The van der Waals surface area contributed by atoms with E-state index in [1.807, 2.05) is 60.7 Å². The van der Waals surface area contributed by atoms with Gasteiger partial charge < -0.3 is 0 Å². The first-order valence-corrected chi connectivity index (χ1v) is 20.8. The third kappa shape index (κ3) is 6.32. The van der Waals surface area contributed by atoms with E-state index < -0.39 is 0 Å². The number of pyridine rings is 2. The Balaban J connectivity index is 0.921. The van der Waals surface area contributed by atoms with Gasteiger partial charge in [-0.1, -0.05) is 182 Å². The van der Waals surface area contributed by atoms with Gasteiger partial charge in [0.1, 0.15) is 0 Å². The summed E-state index contributed by atoms with van der Waals surface area (Å²) < 4.78 is 0. The molecule has 0 saturated heterocycles. The third-order valence-corrected chi connectivity index (χ3v) is 11.9. The van der Waals surface area contributed by atoms with Crippen molar-refractivity contribution in [2.75, 3.05) is 0 Å². The van der Waals surface area contributed by atoms with Crippen LogP contribution in [0, 0.1) is 0 Å². The fourth-order valence-electron chi connectivity index (χ4n) is 8.67. The van der Waals surface area contributed by atoms with Crippen LogP contribution >= 0.6 is 0 Å².